The van der Waals surface area contributed by atoms with Gasteiger partial charge in [0.2, 0.25) is 0 Å². The Labute approximate surface area is 487 Å². The van der Waals surface area contributed by atoms with Crippen molar-refractivity contribution in [3.8, 4) is 0 Å². The van der Waals surface area contributed by atoms with Gasteiger partial charge >= 0.3 is 17.9 Å². The summed E-state index contributed by atoms with van der Waals surface area (Å²) in [5, 5.41) is 0. The van der Waals surface area contributed by atoms with E-state index in [1.165, 1.54) is 83.5 Å². The van der Waals surface area contributed by atoms with Gasteiger partial charge in [-0.2, -0.15) is 0 Å². The maximum Gasteiger partial charge on any atom is 0.306 e. The molecule has 446 valence electrons. The summed E-state index contributed by atoms with van der Waals surface area (Å²) < 4.78 is 16.9. The fourth-order valence-electron chi connectivity index (χ4n) is 8.53. The van der Waals surface area contributed by atoms with E-state index >= 15 is 0 Å². The minimum absolute atomic E-state index is 0.105. The number of carbonyl (C=O) groups is 3. The minimum Gasteiger partial charge on any atom is -0.462 e. The quantitative estimate of drug-likeness (QED) is 0.0261. The second kappa shape index (κ2) is 65.8. The molecule has 0 aromatic rings. The SMILES string of the molecule is CC/C=C\C/C=C\C/C=C\C/C=C\C/C=C\C/C=C\C/C=C\CCCCCCCC(=O)OCC(COC(=O)CCCCC/C=C\C/C=C\C/C=C\CC)OC(=O)CCCCCCCCCCC/C=C\C/C=C\CCCCCCC. The Kier molecular flexibility index (Phi) is 61.9. The molecule has 0 aliphatic rings. The number of unbranched alkanes of at least 4 members (excludes halogenated alkanes) is 22. The second-order valence-corrected chi connectivity index (χ2v) is 20.9. The molecule has 0 rings (SSSR count). The molecule has 0 amide bonds. The average Bonchev–Trinajstić information content (AvgIpc) is 3.45. The van der Waals surface area contributed by atoms with Gasteiger partial charge in [0.05, 0.1) is 0 Å². The van der Waals surface area contributed by atoms with Gasteiger partial charge in [-0.05, 0) is 141 Å². The van der Waals surface area contributed by atoms with E-state index < -0.39 is 6.10 Å². The summed E-state index contributed by atoms with van der Waals surface area (Å²) in [5.74, 6) is -0.956. The molecule has 0 aliphatic carbocycles. The predicted molar refractivity (Wildman–Crippen MR) is 343 cm³/mol. The summed E-state index contributed by atoms with van der Waals surface area (Å²) in [6.07, 6.45) is 94.2. The largest absolute Gasteiger partial charge is 0.462 e. The van der Waals surface area contributed by atoms with E-state index in [1.807, 2.05) is 0 Å². The Bertz CT molecular complexity index is 1730. The first-order valence-electron chi connectivity index (χ1n) is 32.3. The fraction of sp³-hybridized carbons (Fsp3) is 0.630. The molecule has 0 radical (unpaired) electrons. The summed E-state index contributed by atoms with van der Waals surface area (Å²) in [7, 11) is 0. The van der Waals surface area contributed by atoms with Crippen molar-refractivity contribution in [3.05, 3.63) is 146 Å². The van der Waals surface area contributed by atoms with E-state index in [9.17, 15) is 14.4 Å². The van der Waals surface area contributed by atoms with Crippen molar-refractivity contribution < 1.29 is 28.6 Å². The third-order valence-electron chi connectivity index (χ3n) is 13.3. The molecular weight excluding hydrogens is 973 g/mol. The van der Waals surface area contributed by atoms with Crippen LogP contribution in [0.3, 0.4) is 0 Å². The van der Waals surface area contributed by atoms with Crippen LogP contribution in [0.5, 0.6) is 0 Å². The number of rotatable bonds is 57. The summed E-state index contributed by atoms with van der Waals surface area (Å²) in [6.45, 7) is 6.36. The molecular formula is C73H118O6. The van der Waals surface area contributed by atoms with Crippen LogP contribution in [0.4, 0.5) is 0 Å². The van der Waals surface area contributed by atoms with Crippen LogP contribution in [0.15, 0.2) is 146 Å². The predicted octanol–water partition coefficient (Wildman–Crippen LogP) is 22.3. The van der Waals surface area contributed by atoms with Gasteiger partial charge in [0.1, 0.15) is 13.2 Å². The lowest BCUT2D eigenvalue weighted by atomic mass is 10.1. The van der Waals surface area contributed by atoms with E-state index in [4.69, 9.17) is 14.2 Å². The highest BCUT2D eigenvalue weighted by molar-refractivity contribution is 5.71. The van der Waals surface area contributed by atoms with Gasteiger partial charge in [-0.25, -0.2) is 0 Å². The maximum atomic E-state index is 12.9. The third kappa shape index (κ3) is 64.0. The van der Waals surface area contributed by atoms with Gasteiger partial charge in [0, 0.05) is 19.3 Å². The number of esters is 3. The van der Waals surface area contributed by atoms with Crippen molar-refractivity contribution in [3.63, 3.8) is 0 Å². The number of hydrogen-bond acceptors (Lipinski definition) is 6. The van der Waals surface area contributed by atoms with Crippen LogP contribution in [0, 0.1) is 0 Å². The van der Waals surface area contributed by atoms with Crippen LogP contribution in [-0.2, 0) is 28.6 Å². The van der Waals surface area contributed by atoms with Gasteiger partial charge in [-0.15, -0.1) is 0 Å². The van der Waals surface area contributed by atoms with Gasteiger partial charge in [0.25, 0.3) is 0 Å². The van der Waals surface area contributed by atoms with Crippen LogP contribution < -0.4 is 0 Å². The molecule has 0 spiro atoms. The van der Waals surface area contributed by atoms with Gasteiger partial charge in [-0.1, -0.05) is 263 Å². The Morgan fingerprint density at radius 3 is 0.785 bits per heavy atom. The lowest BCUT2D eigenvalue weighted by Gasteiger charge is -2.18. The molecule has 0 aliphatic heterocycles. The smallest absolute Gasteiger partial charge is 0.306 e. The Balaban J connectivity index is 4.42. The van der Waals surface area contributed by atoms with E-state index in [2.05, 4.69) is 167 Å². The van der Waals surface area contributed by atoms with E-state index in [0.717, 1.165) is 154 Å². The highest BCUT2D eigenvalue weighted by Gasteiger charge is 2.19. The van der Waals surface area contributed by atoms with Crippen molar-refractivity contribution >= 4 is 17.9 Å². The van der Waals surface area contributed by atoms with Crippen molar-refractivity contribution in [1.82, 2.24) is 0 Å². The first kappa shape index (κ1) is 74.3. The van der Waals surface area contributed by atoms with Gasteiger partial charge in [0.15, 0.2) is 6.10 Å². The average molecular weight is 1090 g/mol. The molecule has 1 atom stereocenters. The molecule has 0 N–H and O–H groups in total. The topological polar surface area (TPSA) is 78.9 Å². The summed E-state index contributed by atoms with van der Waals surface area (Å²) in [6, 6.07) is 0. The van der Waals surface area contributed by atoms with Crippen molar-refractivity contribution in [1.29, 1.82) is 0 Å². The first-order chi connectivity index (χ1) is 39.0. The lowest BCUT2D eigenvalue weighted by Crippen LogP contribution is -2.30. The normalized spacial score (nSPS) is 13.1. The number of hydrogen-bond donors (Lipinski definition) is 0. The van der Waals surface area contributed by atoms with E-state index in [0.29, 0.717) is 19.3 Å². The fourth-order valence-corrected chi connectivity index (χ4v) is 8.53. The Morgan fingerprint density at radius 1 is 0.266 bits per heavy atom. The molecule has 0 saturated heterocycles. The van der Waals surface area contributed by atoms with Gasteiger partial charge < -0.3 is 14.2 Å². The molecule has 0 saturated carbocycles. The molecule has 0 fully saturated rings. The number of carbonyl (C=O) groups excluding carboxylic acids is 3. The molecule has 0 aromatic heterocycles. The molecule has 0 heterocycles. The summed E-state index contributed by atoms with van der Waals surface area (Å²) in [4.78, 5) is 38.3. The zero-order chi connectivity index (χ0) is 57.1. The Morgan fingerprint density at radius 2 is 0.494 bits per heavy atom. The zero-order valence-corrected chi connectivity index (χ0v) is 51.1. The van der Waals surface area contributed by atoms with Crippen LogP contribution in [0.25, 0.3) is 0 Å². The lowest BCUT2D eigenvalue weighted by molar-refractivity contribution is -0.167. The Hall–Kier alpha value is -4.71. The molecule has 0 aromatic carbocycles. The van der Waals surface area contributed by atoms with E-state index in [-0.39, 0.29) is 31.1 Å². The molecule has 1 unspecified atom stereocenters. The van der Waals surface area contributed by atoms with Crippen LogP contribution >= 0.6 is 0 Å². The molecule has 6 nitrogen and oxygen atoms in total. The highest BCUT2D eigenvalue weighted by Crippen LogP contribution is 2.15. The summed E-state index contributed by atoms with van der Waals surface area (Å²) in [5.41, 5.74) is 0. The molecule has 79 heavy (non-hydrogen) atoms. The van der Waals surface area contributed by atoms with Gasteiger partial charge in [-0.3, -0.25) is 14.4 Å². The molecule has 6 heteroatoms. The number of ether oxygens (including phenoxy) is 3. The highest BCUT2D eigenvalue weighted by atomic mass is 16.6. The standard InChI is InChI=1S/C73H118O6/c1-4-7-10-13-16-19-22-25-27-29-31-33-34-35-36-37-38-40-41-43-45-48-51-54-57-60-63-66-72(75)78-69-70(68-77-71(74)65-62-59-56-53-50-47-24-21-18-15-12-9-6-3)79-73(76)67-64-61-58-55-52-49-46-44-42-39-32-30-28-26-23-20-17-14-11-8-5-2/h7,9-10,12,16,18-19,21,23,25-27,30-33,35-36,38,40,43,45,47,50,70H,4-6,8,11,13-15,17,20,22,24,28-29,34,37,39,41-42,44,46,48-49,51-69H2,1-3H3/b10-7-,12-9-,19-16-,21-18-,26-23-,27-25-,32-30-,33-31-,36-35-,40-38-,45-43-,50-47-. The van der Waals surface area contributed by atoms with Crippen molar-refractivity contribution in [2.24, 2.45) is 0 Å². The zero-order valence-electron chi connectivity index (χ0n) is 51.1. The maximum absolute atomic E-state index is 12.9. The summed E-state index contributed by atoms with van der Waals surface area (Å²) >= 11 is 0. The monoisotopic (exact) mass is 1090 g/mol. The van der Waals surface area contributed by atoms with Crippen LogP contribution in [0.1, 0.15) is 278 Å². The number of allylic oxidation sites excluding steroid dienone is 24. The van der Waals surface area contributed by atoms with Crippen molar-refractivity contribution in [2.75, 3.05) is 13.2 Å². The van der Waals surface area contributed by atoms with Crippen LogP contribution in [-0.4, -0.2) is 37.2 Å². The third-order valence-corrected chi connectivity index (χ3v) is 13.3. The van der Waals surface area contributed by atoms with Crippen LogP contribution in [0.2, 0.25) is 0 Å². The molecule has 0 bridgehead atoms. The van der Waals surface area contributed by atoms with Crippen molar-refractivity contribution in [2.45, 2.75) is 284 Å². The minimum atomic E-state index is -0.808. The van der Waals surface area contributed by atoms with E-state index in [1.54, 1.807) is 0 Å². The first-order valence-corrected chi connectivity index (χ1v) is 32.3. The second-order valence-electron chi connectivity index (χ2n) is 20.9.